The van der Waals surface area contributed by atoms with Gasteiger partial charge in [-0.3, -0.25) is 20.4 Å². The first-order valence-electron chi connectivity index (χ1n) is 9.45. The van der Waals surface area contributed by atoms with Crippen molar-refractivity contribution in [3.05, 3.63) is 77.7 Å². The highest BCUT2D eigenvalue weighted by molar-refractivity contribution is 6.02. The smallest absolute Gasteiger partial charge is 0.342 e. The molecule has 0 bridgehead atoms. The Labute approximate surface area is 178 Å². The maximum absolute atomic E-state index is 12.5. The zero-order valence-electron chi connectivity index (χ0n) is 17.3. The fraction of sp³-hybridized carbons (Fsp3) is 0.174. The molecular weight excluding hydrogens is 400 g/mol. The summed E-state index contributed by atoms with van der Waals surface area (Å²) in [7, 11) is 0. The molecule has 0 aliphatic carbocycles. The summed E-state index contributed by atoms with van der Waals surface area (Å²) in [6, 6.07) is 14.5. The van der Waals surface area contributed by atoms with E-state index in [1.807, 2.05) is 30.3 Å². The summed E-state index contributed by atoms with van der Waals surface area (Å²) in [5.74, 6) is -2.40. The van der Waals surface area contributed by atoms with E-state index in [-0.39, 0.29) is 22.6 Å². The second-order valence-electron chi connectivity index (χ2n) is 7.67. The van der Waals surface area contributed by atoms with Gasteiger partial charge < -0.3 is 14.3 Å². The van der Waals surface area contributed by atoms with Crippen molar-refractivity contribution in [1.82, 2.24) is 10.9 Å². The molecule has 0 aliphatic rings. The van der Waals surface area contributed by atoms with Crippen LogP contribution in [-0.4, -0.2) is 28.5 Å². The number of hydrogen-bond acceptors (Lipinski definition) is 6. The maximum atomic E-state index is 12.5. The molecule has 0 atom stereocenters. The van der Waals surface area contributed by atoms with E-state index in [1.165, 1.54) is 24.5 Å². The Morgan fingerprint density at radius 3 is 2.29 bits per heavy atom. The topological polar surface area (TPSA) is 118 Å². The van der Waals surface area contributed by atoms with Gasteiger partial charge in [0.2, 0.25) is 5.76 Å². The molecule has 8 nitrogen and oxygen atoms in total. The third-order valence-electron chi connectivity index (χ3n) is 4.12. The molecule has 0 aliphatic heterocycles. The minimum atomic E-state index is -0.772. The highest BCUT2D eigenvalue weighted by atomic mass is 16.6. The first kappa shape index (κ1) is 21.6. The number of carbonyl (C=O) groups excluding carboxylic acids is 3. The Balaban J connectivity index is 1.71. The Kier molecular flexibility index (Phi) is 6.10. The van der Waals surface area contributed by atoms with Crippen LogP contribution in [0.1, 0.15) is 52.0 Å². The van der Waals surface area contributed by atoms with E-state index in [4.69, 9.17) is 9.15 Å². The minimum Gasteiger partial charge on any atom is -0.507 e. The number of phenols is 1. The van der Waals surface area contributed by atoms with Crippen molar-refractivity contribution >= 4 is 17.8 Å². The van der Waals surface area contributed by atoms with Crippen molar-refractivity contribution < 1.29 is 28.6 Å². The predicted octanol–water partition coefficient (Wildman–Crippen LogP) is 3.68. The van der Waals surface area contributed by atoms with Crippen molar-refractivity contribution in [3.63, 3.8) is 0 Å². The number of nitrogens with one attached hydrogen (secondary N) is 2. The van der Waals surface area contributed by atoms with Gasteiger partial charge >= 0.3 is 11.9 Å². The van der Waals surface area contributed by atoms with Crippen LogP contribution in [0.15, 0.2) is 65.3 Å². The number of carbonyl (C=O) groups is 3. The number of hydrogen-bond donors (Lipinski definition) is 3. The van der Waals surface area contributed by atoms with Crippen LogP contribution < -0.4 is 10.9 Å². The van der Waals surface area contributed by atoms with Crippen LogP contribution in [0.2, 0.25) is 0 Å². The van der Waals surface area contributed by atoms with Crippen LogP contribution in [0.25, 0.3) is 11.1 Å². The van der Waals surface area contributed by atoms with Crippen LogP contribution in [0.5, 0.6) is 5.75 Å². The normalized spacial score (nSPS) is 10.9. The van der Waals surface area contributed by atoms with Gasteiger partial charge in [0, 0.05) is 11.1 Å². The summed E-state index contributed by atoms with van der Waals surface area (Å²) < 4.78 is 10.5. The molecule has 3 rings (SSSR count). The van der Waals surface area contributed by atoms with Gasteiger partial charge in [-0.05, 0) is 50.6 Å². The second kappa shape index (κ2) is 8.74. The number of hydrazine groups is 1. The van der Waals surface area contributed by atoms with Crippen molar-refractivity contribution in [2.24, 2.45) is 0 Å². The summed E-state index contributed by atoms with van der Waals surface area (Å²) in [6.45, 7) is 5.06. The molecule has 160 valence electrons. The molecule has 2 aromatic carbocycles. The average Bonchev–Trinajstić information content (AvgIpc) is 3.21. The molecule has 1 aromatic heterocycles. The van der Waals surface area contributed by atoms with E-state index in [1.54, 1.807) is 26.8 Å². The van der Waals surface area contributed by atoms with Gasteiger partial charge in [0.25, 0.3) is 5.91 Å². The fourth-order valence-corrected chi connectivity index (χ4v) is 2.75. The number of benzene rings is 2. The van der Waals surface area contributed by atoms with E-state index in [2.05, 4.69) is 10.9 Å². The summed E-state index contributed by atoms with van der Waals surface area (Å²) in [4.78, 5) is 37.2. The molecule has 0 spiro atoms. The lowest BCUT2D eigenvalue weighted by molar-refractivity contribution is 0.00666. The van der Waals surface area contributed by atoms with Gasteiger partial charge in [-0.2, -0.15) is 0 Å². The standard InChI is InChI=1S/C23H22N2O6/c1-23(2,3)31-22(29)17-13-15(9-10-18(17)26)20(27)24-25-21(28)19-16(11-12-30-19)14-7-5-4-6-8-14/h4-13,26H,1-3H3,(H,24,27)(H,25,28). The SMILES string of the molecule is CC(C)(C)OC(=O)c1cc(C(=O)NNC(=O)c2occc2-c2ccccc2)ccc1O. The summed E-state index contributed by atoms with van der Waals surface area (Å²) in [5.41, 5.74) is 5.02. The zero-order chi connectivity index (χ0) is 22.6. The summed E-state index contributed by atoms with van der Waals surface area (Å²) >= 11 is 0. The predicted molar refractivity (Wildman–Crippen MR) is 112 cm³/mol. The third kappa shape index (κ3) is 5.30. The van der Waals surface area contributed by atoms with E-state index in [0.29, 0.717) is 5.56 Å². The summed E-state index contributed by atoms with van der Waals surface area (Å²) in [6.07, 6.45) is 1.38. The van der Waals surface area contributed by atoms with Gasteiger partial charge in [-0.15, -0.1) is 0 Å². The number of phenolic OH excluding ortho intramolecular Hbond substituents is 1. The van der Waals surface area contributed by atoms with Crippen LogP contribution in [0, 0.1) is 0 Å². The number of furan rings is 1. The minimum absolute atomic E-state index is 0.0339. The lowest BCUT2D eigenvalue weighted by Gasteiger charge is -2.20. The molecule has 8 heteroatoms. The van der Waals surface area contributed by atoms with E-state index in [9.17, 15) is 19.5 Å². The van der Waals surface area contributed by atoms with Gasteiger partial charge in [0.15, 0.2) is 0 Å². The molecular formula is C23H22N2O6. The molecule has 0 saturated heterocycles. The largest absolute Gasteiger partial charge is 0.507 e. The van der Waals surface area contributed by atoms with Crippen molar-refractivity contribution in [2.75, 3.05) is 0 Å². The first-order chi connectivity index (χ1) is 14.7. The molecule has 0 saturated carbocycles. The van der Waals surface area contributed by atoms with Crippen LogP contribution in [-0.2, 0) is 4.74 Å². The lowest BCUT2D eigenvalue weighted by Crippen LogP contribution is -2.41. The molecule has 3 N–H and O–H groups in total. The highest BCUT2D eigenvalue weighted by Gasteiger charge is 2.22. The Morgan fingerprint density at radius 2 is 1.61 bits per heavy atom. The lowest BCUT2D eigenvalue weighted by atomic mass is 10.1. The summed E-state index contributed by atoms with van der Waals surface area (Å²) in [5, 5.41) is 9.95. The van der Waals surface area contributed by atoms with Gasteiger partial charge in [-0.25, -0.2) is 4.79 Å². The third-order valence-corrected chi connectivity index (χ3v) is 4.12. The average molecular weight is 422 g/mol. The Hall–Kier alpha value is -4.07. The zero-order valence-corrected chi connectivity index (χ0v) is 17.3. The van der Waals surface area contributed by atoms with Crippen molar-refractivity contribution in [2.45, 2.75) is 26.4 Å². The van der Waals surface area contributed by atoms with Gasteiger partial charge in [-0.1, -0.05) is 30.3 Å². The quantitative estimate of drug-likeness (QED) is 0.436. The molecule has 0 fully saturated rings. The van der Waals surface area contributed by atoms with Gasteiger partial charge in [0.1, 0.15) is 16.9 Å². The number of aromatic hydroxyl groups is 1. The number of esters is 1. The molecule has 0 unspecified atom stereocenters. The van der Waals surface area contributed by atoms with E-state index < -0.39 is 23.4 Å². The van der Waals surface area contributed by atoms with Crippen LogP contribution in [0.4, 0.5) is 0 Å². The molecule has 3 aromatic rings. The fourth-order valence-electron chi connectivity index (χ4n) is 2.75. The van der Waals surface area contributed by atoms with E-state index >= 15 is 0 Å². The molecule has 2 amide bonds. The number of ether oxygens (including phenoxy) is 1. The first-order valence-corrected chi connectivity index (χ1v) is 9.45. The molecule has 0 radical (unpaired) electrons. The number of rotatable bonds is 4. The second-order valence-corrected chi connectivity index (χ2v) is 7.67. The van der Waals surface area contributed by atoms with Crippen molar-refractivity contribution in [3.8, 4) is 16.9 Å². The highest BCUT2D eigenvalue weighted by Crippen LogP contribution is 2.25. The maximum Gasteiger partial charge on any atom is 0.342 e. The Bertz CT molecular complexity index is 1110. The van der Waals surface area contributed by atoms with Crippen LogP contribution >= 0.6 is 0 Å². The Morgan fingerprint density at radius 1 is 0.935 bits per heavy atom. The molecule has 31 heavy (non-hydrogen) atoms. The number of amides is 2. The van der Waals surface area contributed by atoms with Crippen LogP contribution in [0.3, 0.4) is 0 Å². The van der Waals surface area contributed by atoms with Crippen molar-refractivity contribution in [1.29, 1.82) is 0 Å². The molecule has 1 heterocycles. The van der Waals surface area contributed by atoms with Gasteiger partial charge in [0.05, 0.1) is 6.26 Å². The van der Waals surface area contributed by atoms with E-state index in [0.717, 1.165) is 5.56 Å². The monoisotopic (exact) mass is 422 g/mol.